The SMILES string of the molecule is C[C@H]1C[C@@H]2[C@@H](CC(=O)N2Cc2ccccc2)[C@@H]1CNS(=O)(=O)c1cccc(C(F)(F)F)c1. The van der Waals surface area contributed by atoms with Gasteiger partial charge in [0.1, 0.15) is 0 Å². The molecule has 5 nitrogen and oxygen atoms in total. The van der Waals surface area contributed by atoms with E-state index in [2.05, 4.69) is 4.72 Å². The van der Waals surface area contributed by atoms with Crippen molar-refractivity contribution in [2.45, 2.75) is 43.4 Å². The summed E-state index contributed by atoms with van der Waals surface area (Å²) in [6.45, 7) is 2.65. The Labute approximate surface area is 185 Å². The van der Waals surface area contributed by atoms with Gasteiger partial charge >= 0.3 is 6.18 Å². The van der Waals surface area contributed by atoms with Gasteiger partial charge in [0, 0.05) is 25.6 Å². The number of fused-ring (bicyclic) bond motifs is 1. The van der Waals surface area contributed by atoms with E-state index in [9.17, 15) is 26.4 Å². The van der Waals surface area contributed by atoms with Gasteiger partial charge in [-0.2, -0.15) is 13.2 Å². The van der Waals surface area contributed by atoms with E-state index in [-0.39, 0.29) is 36.2 Å². The van der Waals surface area contributed by atoms with Crippen LogP contribution in [0, 0.1) is 17.8 Å². The number of benzene rings is 2. The van der Waals surface area contributed by atoms with Gasteiger partial charge in [0.15, 0.2) is 0 Å². The van der Waals surface area contributed by atoms with Gasteiger partial charge < -0.3 is 4.90 Å². The van der Waals surface area contributed by atoms with Crippen molar-refractivity contribution in [3.05, 3.63) is 65.7 Å². The Morgan fingerprint density at radius 2 is 1.81 bits per heavy atom. The molecule has 1 heterocycles. The average molecular weight is 467 g/mol. The highest BCUT2D eigenvalue weighted by Gasteiger charge is 2.50. The van der Waals surface area contributed by atoms with Crippen LogP contribution in [0.25, 0.3) is 0 Å². The van der Waals surface area contributed by atoms with Crippen molar-refractivity contribution in [2.24, 2.45) is 17.8 Å². The number of sulfonamides is 1. The summed E-state index contributed by atoms with van der Waals surface area (Å²) >= 11 is 0. The van der Waals surface area contributed by atoms with Crippen molar-refractivity contribution >= 4 is 15.9 Å². The van der Waals surface area contributed by atoms with E-state index in [4.69, 9.17) is 0 Å². The van der Waals surface area contributed by atoms with E-state index in [1.807, 2.05) is 42.2 Å². The fourth-order valence-electron chi connectivity index (χ4n) is 5.05. The van der Waals surface area contributed by atoms with Gasteiger partial charge in [-0.15, -0.1) is 0 Å². The average Bonchev–Trinajstić information content (AvgIpc) is 3.20. The lowest BCUT2D eigenvalue weighted by atomic mass is 9.89. The number of carbonyl (C=O) groups is 1. The van der Waals surface area contributed by atoms with E-state index < -0.39 is 26.7 Å². The fourth-order valence-corrected chi connectivity index (χ4v) is 6.17. The molecule has 0 radical (unpaired) electrons. The summed E-state index contributed by atoms with van der Waals surface area (Å²) in [6.07, 6.45) is -3.48. The number of amides is 1. The molecule has 4 rings (SSSR count). The Balaban J connectivity index is 1.46. The highest BCUT2D eigenvalue weighted by molar-refractivity contribution is 7.89. The van der Waals surface area contributed by atoms with Gasteiger partial charge in [0.25, 0.3) is 0 Å². The lowest BCUT2D eigenvalue weighted by Gasteiger charge is -2.24. The fraction of sp³-hybridized carbons (Fsp3) is 0.435. The highest BCUT2D eigenvalue weighted by atomic mass is 32.2. The number of halogens is 3. The number of rotatable bonds is 6. The molecule has 2 aromatic carbocycles. The van der Waals surface area contributed by atoms with E-state index in [1.165, 1.54) is 0 Å². The molecule has 9 heteroatoms. The number of nitrogens with one attached hydrogen (secondary N) is 1. The van der Waals surface area contributed by atoms with Crippen molar-refractivity contribution in [3.8, 4) is 0 Å². The standard InChI is InChI=1S/C23H25F3N2O3S/c1-15-10-21-19(12-22(29)28(21)14-16-6-3-2-4-7-16)20(15)13-27-32(30,31)18-9-5-8-17(11-18)23(24,25)26/h2-9,11,15,19-21,27H,10,12-14H2,1H3/t15-,19-,20+,21+/m0/s1. The molecule has 4 atom stereocenters. The van der Waals surface area contributed by atoms with Crippen LogP contribution >= 0.6 is 0 Å². The zero-order chi connectivity index (χ0) is 23.1. The zero-order valence-electron chi connectivity index (χ0n) is 17.5. The number of carbonyl (C=O) groups excluding carboxylic acids is 1. The van der Waals surface area contributed by atoms with E-state index in [0.717, 1.165) is 30.2 Å². The molecule has 0 spiro atoms. The lowest BCUT2D eigenvalue weighted by molar-refractivity contribution is -0.137. The largest absolute Gasteiger partial charge is 0.416 e. The van der Waals surface area contributed by atoms with Crippen LogP contribution in [0.2, 0.25) is 0 Å². The minimum absolute atomic E-state index is 0.0189. The van der Waals surface area contributed by atoms with Crippen LogP contribution in [-0.2, 0) is 27.5 Å². The Morgan fingerprint density at radius 3 is 2.50 bits per heavy atom. The molecule has 1 aliphatic heterocycles. The quantitative estimate of drug-likeness (QED) is 0.698. The van der Waals surface area contributed by atoms with Gasteiger partial charge in [0.2, 0.25) is 15.9 Å². The molecule has 0 bridgehead atoms. The van der Waals surface area contributed by atoms with E-state index in [0.29, 0.717) is 19.0 Å². The second kappa shape index (κ2) is 8.51. The summed E-state index contributed by atoms with van der Waals surface area (Å²) in [6, 6.07) is 13.5. The minimum atomic E-state index is -4.62. The van der Waals surface area contributed by atoms with Gasteiger partial charge in [-0.3, -0.25) is 4.79 Å². The van der Waals surface area contributed by atoms with Crippen molar-refractivity contribution in [1.82, 2.24) is 9.62 Å². The van der Waals surface area contributed by atoms with Crippen LogP contribution in [0.1, 0.15) is 30.9 Å². The molecule has 2 aromatic rings. The molecule has 172 valence electrons. The van der Waals surface area contributed by atoms with Crippen molar-refractivity contribution in [3.63, 3.8) is 0 Å². The molecular weight excluding hydrogens is 441 g/mol. The second-order valence-corrected chi connectivity index (χ2v) is 10.5. The van der Waals surface area contributed by atoms with Crippen molar-refractivity contribution in [1.29, 1.82) is 0 Å². The Bertz CT molecular complexity index is 1090. The number of hydrogen-bond donors (Lipinski definition) is 1. The van der Waals surface area contributed by atoms with E-state index >= 15 is 0 Å². The molecule has 2 aliphatic rings. The normalized spacial score (nSPS) is 25.9. The Morgan fingerprint density at radius 1 is 1.09 bits per heavy atom. The number of likely N-dealkylation sites (tertiary alicyclic amines) is 1. The monoisotopic (exact) mass is 466 g/mol. The summed E-state index contributed by atoms with van der Waals surface area (Å²) in [5, 5.41) is 0. The molecule has 1 N–H and O–H groups in total. The molecule has 2 fully saturated rings. The van der Waals surface area contributed by atoms with Gasteiger partial charge in [-0.25, -0.2) is 13.1 Å². The van der Waals surface area contributed by atoms with Crippen molar-refractivity contribution < 1.29 is 26.4 Å². The van der Waals surface area contributed by atoms with Crippen LogP contribution in [0.15, 0.2) is 59.5 Å². The second-order valence-electron chi connectivity index (χ2n) is 8.70. The molecule has 1 amide bonds. The first-order chi connectivity index (χ1) is 15.1. The summed E-state index contributed by atoms with van der Waals surface area (Å²) in [7, 11) is -4.11. The molecule has 0 unspecified atom stereocenters. The zero-order valence-corrected chi connectivity index (χ0v) is 18.4. The highest BCUT2D eigenvalue weighted by Crippen LogP contribution is 2.46. The third-order valence-corrected chi connectivity index (χ3v) is 8.12. The third kappa shape index (κ3) is 4.54. The summed E-state index contributed by atoms with van der Waals surface area (Å²) in [5.74, 6) is 0.192. The molecule has 32 heavy (non-hydrogen) atoms. The molecule has 1 saturated heterocycles. The molecular formula is C23H25F3N2O3S. The lowest BCUT2D eigenvalue weighted by Crippen LogP contribution is -2.34. The number of hydrogen-bond acceptors (Lipinski definition) is 3. The topological polar surface area (TPSA) is 66.5 Å². The smallest absolute Gasteiger partial charge is 0.335 e. The van der Waals surface area contributed by atoms with Gasteiger partial charge in [0.05, 0.1) is 10.5 Å². The van der Waals surface area contributed by atoms with Crippen molar-refractivity contribution in [2.75, 3.05) is 6.54 Å². The number of alkyl halides is 3. The Hall–Kier alpha value is -2.39. The van der Waals surface area contributed by atoms with E-state index in [1.54, 1.807) is 0 Å². The van der Waals surface area contributed by atoms with Crippen LogP contribution < -0.4 is 4.72 Å². The maximum absolute atomic E-state index is 13.0. The molecule has 1 saturated carbocycles. The third-order valence-electron chi connectivity index (χ3n) is 6.70. The van der Waals surface area contributed by atoms with Crippen LogP contribution in [0.3, 0.4) is 0 Å². The summed E-state index contributed by atoms with van der Waals surface area (Å²) < 4.78 is 66.7. The first kappa shape index (κ1) is 22.8. The van der Waals surface area contributed by atoms with Gasteiger partial charge in [-0.05, 0) is 47.9 Å². The van der Waals surface area contributed by atoms with Gasteiger partial charge in [-0.1, -0.05) is 43.3 Å². The summed E-state index contributed by atoms with van der Waals surface area (Å²) in [4.78, 5) is 14.2. The number of nitrogens with zero attached hydrogens (tertiary/aromatic N) is 1. The first-order valence-electron chi connectivity index (χ1n) is 10.6. The Kier molecular flexibility index (Phi) is 6.06. The van der Waals surface area contributed by atoms with Crippen LogP contribution in [0.4, 0.5) is 13.2 Å². The summed E-state index contributed by atoms with van der Waals surface area (Å²) in [5.41, 5.74) is 0.0375. The van der Waals surface area contributed by atoms with Crippen LogP contribution in [-0.4, -0.2) is 31.8 Å². The predicted octanol–water partition coefficient (Wildman–Crippen LogP) is 4.06. The molecule has 1 aliphatic carbocycles. The minimum Gasteiger partial charge on any atom is -0.335 e. The predicted molar refractivity (Wildman–Crippen MR) is 113 cm³/mol. The first-order valence-corrected chi connectivity index (χ1v) is 12.0. The maximum Gasteiger partial charge on any atom is 0.416 e. The maximum atomic E-state index is 13.0. The molecule has 0 aromatic heterocycles. The van der Waals surface area contributed by atoms with Crippen LogP contribution in [0.5, 0.6) is 0 Å².